The van der Waals surface area contributed by atoms with E-state index >= 15 is 0 Å². The molecule has 6 aromatic rings. The molecule has 2 aliphatic heterocycles. The van der Waals surface area contributed by atoms with Gasteiger partial charge in [-0.3, -0.25) is 9.36 Å². The summed E-state index contributed by atoms with van der Waals surface area (Å²) in [5.74, 6) is 1.41. The highest BCUT2D eigenvalue weighted by atomic mass is 15.3. The topological polar surface area (TPSA) is 151 Å². The van der Waals surface area contributed by atoms with Crippen molar-refractivity contribution in [2.24, 2.45) is 11.5 Å². The van der Waals surface area contributed by atoms with E-state index in [-0.39, 0.29) is 0 Å². The second-order valence-corrected chi connectivity index (χ2v) is 16.3. The number of anilines is 2. The molecule has 0 aliphatic carbocycles. The molecule has 8 rings (SSSR count). The van der Waals surface area contributed by atoms with Gasteiger partial charge in [-0.2, -0.15) is 10.2 Å². The Bertz CT molecular complexity index is 2500. The molecule has 2 aliphatic rings. The van der Waals surface area contributed by atoms with Crippen LogP contribution in [0.5, 0.6) is 0 Å². The summed E-state index contributed by atoms with van der Waals surface area (Å²) in [4.78, 5) is 13.1. The molecule has 0 radical (unpaired) electrons. The number of aromatic nitrogens is 8. The van der Waals surface area contributed by atoms with Crippen LogP contribution < -0.4 is 22.1 Å². The highest BCUT2D eigenvalue weighted by molar-refractivity contribution is 5.89. The van der Waals surface area contributed by atoms with Crippen molar-refractivity contribution in [1.82, 2.24) is 43.6 Å². The smallest absolute Gasteiger partial charge is 0.208 e. The molecule has 0 bridgehead atoms. The SMILES string of the molecule is C=C(N)c1cc2c3c(c1)nc(NC(=C)c1cc(C)nn1CC)n3C/C=C/Cn1c(NC(=C)c3cc(C)nn3CC)nc3cc(C(=C)N)cc(c31)CCC(N1CCCC1)CC2. The minimum absolute atomic E-state index is 0.355. The Morgan fingerprint density at radius 3 is 1.50 bits per heavy atom. The molecule has 312 valence electrons. The molecule has 6 N–H and O–H groups in total. The summed E-state index contributed by atoms with van der Waals surface area (Å²) in [6, 6.07) is 13.0. The molecular weight excluding hydrogens is 747 g/mol. The number of rotatable bonds is 11. The average molecular weight is 806 g/mol. The van der Waals surface area contributed by atoms with E-state index in [1.165, 1.54) is 24.0 Å². The van der Waals surface area contributed by atoms with Crippen LogP contribution in [-0.2, 0) is 39.0 Å². The standard InChI is InChI=1S/C47H59N13/c1-9-59-42(23-29(3)54-59)33(7)50-46-52-40-27-37(31(5)48)25-35-15-17-39(56-19-11-12-20-56)18-16-36-26-38(32(6)49)28-41-45(36)58(22-14-13-21-57(46)44(35)40)47(53-41)51-34(8)43-24-30(4)55-60(43)10-2/h13-14,23-28,39H,5-12,15-22,48-49H2,1-4H3,(H,50,52)(H,51,53)/b14-13+. The molecule has 0 amide bonds. The maximum atomic E-state index is 6.40. The van der Waals surface area contributed by atoms with E-state index in [0.717, 1.165) is 119 Å². The molecule has 0 saturated carbocycles. The molecule has 1 saturated heterocycles. The van der Waals surface area contributed by atoms with Gasteiger partial charge < -0.3 is 36.1 Å². The van der Waals surface area contributed by atoms with Crippen LogP contribution in [0.4, 0.5) is 11.9 Å². The second kappa shape index (κ2) is 16.7. The normalized spacial score (nSPS) is 15.9. The van der Waals surface area contributed by atoms with Crippen molar-refractivity contribution in [3.8, 4) is 0 Å². The van der Waals surface area contributed by atoms with Gasteiger partial charge in [-0.1, -0.05) is 38.5 Å². The molecule has 13 nitrogen and oxygen atoms in total. The highest BCUT2D eigenvalue weighted by Gasteiger charge is 2.26. The maximum absolute atomic E-state index is 6.40. The Balaban J connectivity index is 1.26. The van der Waals surface area contributed by atoms with Crippen molar-refractivity contribution in [3.63, 3.8) is 0 Å². The predicted octanol–water partition coefficient (Wildman–Crippen LogP) is 8.06. The Kier molecular flexibility index (Phi) is 11.3. The minimum Gasteiger partial charge on any atom is -0.399 e. The lowest BCUT2D eigenvalue weighted by Crippen LogP contribution is -2.33. The van der Waals surface area contributed by atoms with Gasteiger partial charge in [-0.05, 0) is 138 Å². The first-order chi connectivity index (χ1) is 28.9. The summed E-state index contributed by atoms with van der Waals surface area (Å²) in [6.45, 7) is 30.1. The summed E-state index contributed by atoms with van der Waals surface area (Å²) in [5.41, 5.74) is 27.1. The lowest BCUT2D eigenvalue weighted by Gasteiger charge is -2.28. The number of imidazole rings is 2. The number of nitrogens with two attached hydrogens (primary N) is 2. The van der Waals surface area contributed by atoms with Crippen molar-refractivity contribution in [3.05, 3.63) is 120 Å². The lowest BCUT2D eigenvalue weighted by atomic mass is 9.95. The first-order valence-corrected chi connectivity index (χ1v) is 21.3. The second-order valence-electron chi connectivity index (χ2n) is 16.3. The van der Waals surface area contributed by atoms with Crippen LogP contribution in [0.3, 0.4) is 0 Å². The number of aryl methyl sites for hydroxylation is 6. The van der Waals surface area contributed by atoms with E-state index in [1.54, 1.807) is 0 Å². The molecule has 0 spiro atoms. The van der Waals surface area contributed by atoms with E-state index < -0.39 is 0 Å². The third-order valence-corrected chi connectivity index (χ3v) is 12.0. The van der Waals surface area contributed by atoms with Crippen LogP contribution in [0.1, 0.15) is 84.6 Å². The zero-order valence-electron chi connectivity index (χ0n) is 35.7. The molecule has 60 heavy (non-hydrogen) atoms. The number of nitrogens with zero attached hydrogens (tertiary/aromatic N) is 9. The minimum atomic E-state index is 0.355. The van der Waals surface area contributed by atoms with E-state index in [1.807, 2.05) is 23.2 Å². The molecule has 1 fully saturated rings. The van der Waals surface area contributed by atoms with E-state index in [4.69, 9.17) is 21.4 Å². The van der Waals surface area contributed by atoms with Crippen molar-refractivity contribution < 1.29 is 0 Å². The summed E-state index contributed by atoms with van der Waals surface area (Å²) < 4.78 is 8.47. The van der Waals surface area contributed by atoms with Gasteiger partial charge in [0.1, 0.15) is 0 Å². The van der Waals surface area contributed by atoms with Crippen LogP contribution >= 0.6 is 0 Å². The quantitative estimate of drug-likeness (QED) is 0.0954. The van der Waals surface area contributed by atoms with Crippen LogP contribution in [-0.4, -0.2) is 62.7 Å². The summed E-state index contributed by atoms with van der Waals surface area (Å²) in [7, 11) is 0. The van der Waals surface area contributed by atoms with Gasteiger partial charge in [0.25, 0.3) is 0 Å². The van der Waals surface area contributed by atoms with Crippen molar-refractivity contribution >= 4 is 56.8 Å². The number of likely N-dealkylation sites (tertiary alicyclic amines) is 1. The molecule has 2 aromatic carbocycles. The number of allylic oxidation sites excluding steroid dienone is 2. The Hall–Kier alpha value is -6.34. The Labute approximate surface area is 352 Å². The molecule has 0 atom stereocenters. The van der Waals surface area contributed by atoms with Gasteiger partial charge in [-0.25, -0.2) is 9.97 Å². The fourth-order valence-corrected chi connectivity index (χ4v) is 9.09. The van der Waals surface area contributed by atoms with Crippen molar-refractivity contribution in [2.75, 3.05) is 23.7 Å². The summed E-state index contributed by atoms with van der Waals surface area (Å²) in [5, 5.41) is 16.6. The number of hydrogen-bond acceptors (Lipinski definition) is 9. The van der Waals surface area contributed by atoms with Gasteiger partial charge in [0, 0.05) is 43.6 Å². The Morgan fingerprint density at radius 2 is 1.10 bits per heavy atom. The maximum Gasteiger partial charge on any atom is 0.208 e. The first kappa shape index (κ1) is 40.4. The molecular formula is C47H59N13. The molecule has 13 heteroatoms. The fraction of sp³-hybridized carbons (Fsp3) is 0.362. The fourth-order valence-electron chi connectivity index (χ4n) is 9.09. The van der Waals surface area contributed by atoms with Crippen LogP contribution in [0.15, 0.2) is 74.9 Å². The van der Waals surface area contributed by atoms with Gasteiger partial charge in [-0.15, -0.1) is 0 Å². The zero-order valence-corrected chi connectivity index (χ0v) is 35.7. The number of nitrogens with one attached hydrogen (secondary N) is 2. The van der Waals surface area contributed by atoms with Gasteiger partial charge >= 0.3 is 0 Å². The Morgan fingerprint density at radius 1 is 0.667 bits per heavy atom. The molecule has 6 heterocycles. The van der Waals surface area contributed by atoms with Crippen LogP contribution in [0, 0.1) is 13.8 Å². The summed E-state index contributed by atoms with van der Waals surface area (Å²) >= 11 is 0. The highest BCUT2D eigenvalue weighted by Crippen LogP contribution is 2.34. The lowest BCUT2D eigenvalue weighted by molar-refractivity contribution is 0.219. The largest absolute Gasteiger partial charge is 0.399 e. The number of hydrogen-bond donors (Lipinski definition) is 4. The first-order valence-electron chi connectivity index (χ1n) is 21.3. The third kappa shape index (κ3) is 7.89. The molecule has 0 unspecified atom stereocenters. The van der Waals surface area contributed by atoms with E-state index in [9.17, 15) is 0 Å². The van der Waals surface area contributed by atoms with Crippen molar-refractivity contribution in [2.45, 2.75) is 98.4 Å². The van der Waals surface area contributed by atoms with E-state index in [2.05, 4.69) is 124 Å². The predicted molar refractivity (Wildman–Crippen MR) is 247 cm³/mol. The third-order valence-electron chi connectivity index (χ3n) is 12.0. The average Bonchev–Trinajstić information content (AvgIpc) is 4.06. The summed E-state index contributed by atoms with van der Waals surface area (Å²) in [6.07, 6.45) is 10.5. The van der Waals surface area contributed by atoms with Gasteiger partial charge in [0.2, 0.25) is 11.9 Å². The monoisotopic (exact) mass is 806 g/mol. The number of benzene rings is 2. The molecule has 4 aromatic heterocycles. The van der Waals surface area contributed by atoms with E-state index in [0.29, 0.717) is 42.4 Å². The van der Waals surface area contributed by atoms with Gasteiger partial charge in [0.05, 0.1) is 56.2 Å². The van der Waals surface area contributed by atoms with Gasteiger partial charge in [0.15, 0.2) is 0 Å². The van der Waals surface area contributed by atoms with Crippen LogP contribution in [0.25, 0.3) is 44.9 Å². The zero-order chi connectivity index (χ0) is 42.2. The van der Waals surface area contributed by atoms with Crippen LogP contribution in [0.2, 0.25) is 0 Å². The van der Waals surface area contributed by atoms with Crippen molar-refractivity contribution in [1.29, 1.82) is 0 Å².